The molecule has 1 fully saturated rings. The van der Waals surface area contributed by atoms with Crippen LogP contribution in [0.5, 0.6) is 0 Å². The van der Waals surface area contributed by atoms with Crippen LogP contribution in [-0.2, 0) is 0 Å². The molecular weight excluding hydrogens is 254 g/mol. The van der Waals surface area contributed by atoms with Crippen molar-refractivity contribution in [2.24, 2.45) is 11.7 Å². The molecule has 6 heteroatoms. The monoisotopic (exact) mass is 273 g/mol. The van der Waals surface area contributed by atoms with Gasteiger partial charge in [-0.2, -0.15) is 5.10 Å². The third-order valence-electron chi connectivity index (χ3n) is 4.08. The van der Waals surface area contributed by atoms with Gasteiger partial charge in [-0.15, -0.1) is 0 Å². The molecule has 3 N–H and O–H groups in total. The molecule has 1 amide bonds. The van der Waals surface area contributed by atoms with Crippen molar-refractivity contribution in [3.05, 3.63) is 23.5 Å². The number of aromatic nitrogens is 3. The van der Waals surface area contributed by atoms with Gasteiger partial charge in [0, 0.05) is 30.4 Å². The molecule has 1 aliphatic heterocycles. The number of fused-ring (bicyclic) bond motifs is 1. The van der Waals surface area contributed by atoms with Gasteiger partial charge in [-0.05, 0) is 38.3 Å². The number of piperidine rings is 1. The highest BCUT2D eigenvalue weighted by molar-refractivity contribution is 5.97. The van der Waals surface area contributed by atoms with E-state index in [-0.39, 0.29) is 5.91 Å². The summed E-state index contributed by atoms with van der Waals surface area (Å²) >= 11 is 0. The van der Waals surface area contributed by atoms with Gasteiger partial charge in [0.1, 0.15) is 0 Å². The number of likely N-dealkylation sites (tertiary alicyclic amines) is 1. The number of aromatic amines is 1. The highest BCUT2D eigenvalue weighted by Gasteiger charge is 2.23. The minimum Gasteiger partial charge on any atom is -0.339 e. The summed E-state index contributed by atoms with van der Waals surface area (Å²) < 4.78 is 0. The lowest BCUT2D eigenvalue weighted by molar-refractivity contribution is 0.0693. The average molecular weight is 273 g/mol. The maximum Gasteiger partial charge on any atom is 0.255 e. The second-order valence-electron chi connectivity index (χ2n) is 5.42. The zero-order chi connectivity index (χ0) is 14.1. The molecule has 3 heterocycles. The van der Waals surface area contributed by atoms with Crippen LogP contribution in [0.4, 0.5) is 0 Å². The summed E-state index contributed by atoms with van der Waals surface area (Å²) in [7, 11) is 0. The number of nitrogens with zero attached hydrogens (tertiary/aromatic N) is 3. The summed E-state index contributed by atoms with van der Waals surface area (Å²) in [6, 6.07) is 1.87. The first-order valence-electron chi connectivity index (χ1n) is 6.99. The molecule has 0 unspecified atom stereocenters. The number of carbonyl (C=O) groups excluding carboxylic acids is 1. The van der Waals surface area contributed by atoms with E-state index in [4.69, 9.17) is 5.73 Å². The number of hydrogen-bond acceptors (Lipinski definition) is 4. The molecular formula is C14H19N5O. The maximum atomic E-state index is 12.5. The molecule has 20 heavy (non-hydrogen) atoms. The molecule has 0 aliphatic carbocycles. The summed E-state index contributed by atoms with van der Waals surface area (Å²) in [4.78, 5) is 18.6. The van der Waals surface area contributed by atoms with E-state index in [0.717, 1.165) is 37.0 Å². The van der Waals surface area contributed by atoms with Gasteiger partial charge in [-0.25, -0.2) is 4.98 Å². The van der Waals surface area contributed by atoms with E-state index in [2.05, 4.69) is 15.2 Å². The van der Waals surface area contributed by atoms with Gasteiger partial charge < -0.3 is 10.6 Å². The van der Waals surface area contributed by atoms with E-state index in [1.54, 1.807) is 6.20 Å². The summed E-state index contributed by atoms with van der Waals surface area (Å²) in [5, 5.41) is 7.87. The minimum absolute atomic E-state index is 0.0514. The number of nitrogens with one attached hydrogen (secondary N) is 1. The van der Waals surface area contributed by atoms with Crippen molar-refractivity contribution in [3.8, 4) is 0 Å². The van der Waals surface area contributed by atoms with E-state index in [0.29, 0.717) is 23.7 Å². The van der Waals surface area contributed by atoms with E-state index >= 15 is 0 Å². The Labute approximate surface area is 117 Å². The van der Waals surface area contributed by atoms with Crippen LogP contribution >= 0.6 is 0 Å². The van der Waals surface area contributed by atoms with Gasteiger partial charge in [0.25, 0.3) is 5.91 Å². The van der Waals surface area contributed by atoms with Crippen molar-refractivity contribution < 1.29 is 4.79 Å². The predicted molar refractivity (Wildman–Crippen MR) is 76.3 cm³/mol. The first-order valence-corrected chi connectivity index (χ1v) is 6.99. The van der Waals surface area contributed by atoms with Crippen LogP contribution in [0.1, 0.15) is 28.9 Å². The molecule has 2 aromatic heterocycles. The number of nitrogens with two attached hydrogens (primary N) is 1. The Bertz CT molecular complexity index is 628. The first-order chi connectivity index (χ1) is 9.69. The SMILES string of the molecule is Cc1[nH]nc2ncc(C(=O)N3CCC(CN)CC3)cc12. The van der Waals surface area contributed by atoms with Crippen LogP contribution < -0.4 is 5.73 Å². The molecule has 0 radical (unpaired) electrons. The summed E-state index contributed by atoms with van der Waals surface area (Å²) in [6.07, 6.45) is 3.59. The van der Waals surface area contributed by atoms with Crippen molar-refractivity contribution >= 4 is 16.9 Å². The van der Waals surface area contributed by atoms with Crippen LogP contribution in [-0.4, -0.2) is 45.6 Å². The summed E-state index contributed by atoms with van der Waals surface area (Å²) in [5.41, 5.74) is 7.90. The number of amides is 1. The molecule has 3 rings (SSSR count). The Kier molecular flexibility index (Phi) is 3.40. The molecule has 0 aromatic carbocycles. The minimum atomic E-state index is 0.0514. The van der Waals surface area contributed by atoms with Crippen LogP contribution in [0.3, 0.4) is 0 Å². The van der Waals surface area contributed by atoms with E-state index in [9.17, 15) is 4.79 Å². The number of rotatable bonds is 2. The third kappa shape index (κ3) is 2.27. The third-order valence-corrected chi connectivity index (χ3v) is 4.08. The predicted octanol–water partition coefficient (Wildman–Crippen LogP) is 1.08. The Balaban J connectivity index is 1.80. The lowest BCUT2D eigenvalue weighted by Gasteiger charge is -2.31. The van der Waals surface area contributed by atoms with E-state index in [1.807, 2.05) is 17.9 Å². The fourth-order valence-electron chi connectivity index (χ4n) is 2.69. The molecule has 0 bridgehead atoms. The number of aryl methyl sites for hydroxylation is 1. The van der Waals surface area contributed by atoms with Crippen molar-refractivity contribution in [2.75, 3.05) is 19.6 Å². The molecule has 0 atom stereocenters. The largest absolute Gasteiger partial charge is 0.339 e. The molecule has 106 valence electrons. The second kappa shape index (κ2) is 5.20. The number of carbonyl (C=O) groups is 1. The smallest absolute Gasteiger partial charge is 0.255 e. The van der Waals surface area contributed by atoms with Crippen LogP contribution in [0.2, 0.25) is 0 Å². The quantitative estimate of drug-likeness (QED) is 0.857. The molecule has 0 saturated carbocycles. The number of H-pyrrole nitrogens is 1. The Morgan fingerprint density at radius 1 is 1.50 bits per heavy atom. The van der Waals surface area contributed by atoms with Gasteiger partial charge in [0.2, 0.25) is 0 Å². The maximum absolute atomic E-state index is 12.5. The normalized spacial score (nSPS) is 16.8. The van der Waals surface area contributed by atoms with Gasteiger partial charge in [-0.1, -0.05) is 0 Å². The Morgan fingerprint density at radius 3 is 2.95 bits per heavy atom. The number of pyridine rings is 1. The van der Waals surface area contributed by atoms with Gasteiger partial charge in [0.15, 0.2) is 5.65 Å². The van der Waals surface area contributed by atoms with Gasteiger partial charge in [-0.3, -0.25) is 9.89 Å². The van der Waals surface area contributed by atoms with Crippen molar-refractivity contribution in [3.63, 3.8) is 0 Å². The highest BCUT2D eigenvalue weighted by atomic mass is 16.2. The van der Waals surface area contributed by atoms with Gasteiger partial charge in [0.05, 0.1) is 5.56 Å². The second-order valence-corrected chi connectivity index (χ2v) is 5.42. The van der Waals surface area contributed by atoms with Crippen molar-refractivity contribution in [1.29, 1.82) is 0 Å². The summed E-state index contributed by atoms with van der Waals surface area (Å²) in [5.74, 6) is 0.603. The van der Waals surface area contributed by atoms with Crippen LogP contribution in [0.15, 0.2) is 12.3 Å². The van der Waals surface area contributed by atoms with Crippen LogP contribution in [0.25, 0.3) is 11.0 Å². The average Bonchev–Trinajstić information content (AvgIpc) is 2.87. The Morgan fingerprint density at radius 2 is 2.25 bits per heavy atom. The Hall–Kier alpha value is -1.95. The molecule has 0 spiro atoms. The zero-order valence-electron chi connectivity index (χ0n) is 11.6. The standard InChI is InChI=1S/C14H19N5O/c1-9-12-6-11(8-16-13(12)18-17-9)14(20)19-4-2-10(7-15)3-5-19/h6,8,10H,2-5,7,15H2,1H3,(H,16,17,18). The first kappa shape index (κ1) is 13.1. The fraction of sp³-hybridized carbons (Fsp3) is 0.500. The molecule has 1 saturated heterocycles. The molecule has 2 aromatic rings. The summed E-state index contributed by atoms with van der Waals surface area (Å²) in [6.45, 7) is 4.20. The molecule has 6 nitrogen and oxygen atoms in total. The van der Waals surface area contributed by atoms with Crippen molar-refractivity contribution in [2.45, 2.75) is 19.8 Å². The highest BCUT2D eigenvalue weighted by Crippen LogP contribution is 2.20. The fourth-order valence-corrected chi connectivity index (χ4v) is 2.69. The van der Waals surface area contributed by atoms with Crippen LogP contribution in [0, 0.1) is 12.8 Å². The molecule has 1 aliphatic rings. The number of hydrogen-bond donors (Lipinski definition) is 2. The topological polar surface area (TPSA) is 87.9 Å². The van der Waals surface area contributed by atoms with E-state index < -0.39 is 0 Å². The van der Waals surface area contributed by atoms with E-state index in [1.165, 1.54) is 0 Å². The zero-order valence-corrected chi connectivity index (χ0v) is 11.6. The lowest BCUT2D eigenvalue weighted by atomic mass is 9.96. The lowest BCUT2D eigenvalue weighted by Crippen LogP contribution is -2.40. The van der Waals surface area contributed by atoms with Crippen molar-refractivity contribution in [1.82, 2.24) is 20.1 Å². The van der Waals surface area contributed by atoms with Gasteiger partial charge >= 0.3 is 0 Å².